The SMILES string of the molecule is CC(C)Oc1cccc(C(=O)NC(C#N)C2CC2)c1. The van der Waals surface area contributed by atoms with Gasteiger partial charge in [0.2, 0.25) is 0 Å². The summed E-state index contributed by atoms with van der Waals surface area (Å²) >= 11 is 0. The molecular weight excluding hydrogens is 240 g/mol. The Labute approximate surface area is 113 Å². The van der Waals surface area contributed by atoms with Gasteiger partial charge in [0, 0.05) is 5.56 Å². The van der Waals surface area contributed by atoms with E-state index in [1.807, 2.05) is 19.9 Å². The van der Waals surface area contributed by atoms with Crippen molar-refractivity contribution in [1.29, 1.82) is 5.26 Å². The summed E-state index contributed by atoms with van der Waals surface area (Å²) in [6.45, 7) is 3.87. The highest BCUT2D eigenvalue weighted by molar-refractivity contribution is 5.95. The molecule has 1 fully saturated rings. The van der Waals surface area contributed by atoms with Gasteiger partial charge in [-0.15, -0.1) is 0 Å². The molecule has 0 radical (unpaired) electrons. The van der Waals surface area contributed by atoms with Crippen LogP contribution in [-0.4, -0.2) is 18.1 Å². The Morgan fingerprint density at radius 2 is 2.21 bits per heavy atom. The maximum Gasteiger partial charge on any atom is 0.252 e. The molecule has 1 atom stereocenters. The molecule has 100 valence electrons. The van der Waals surface area contributed by atoms with Gasteiger partial charge in [0.25, 0.3) is 5.91 Å². The number of ether oxygens (including phenoxy) is 1. The predicted octanol–water partition coefficient (Wildman–Crippen LogP) is 2.51. The van der Waals surface area contributed by atoms with Gasteiger partial charge in [-0.3, -0.25) is 4.79 Å². The van der Waals surface area contributed by atoms with E-state index in [4.69, 9.17) is 10.00 Å². The molecule has 0 bridgehead atoms. The first-order valence-electron chi connectivity index (χ1n) is 6.57. The molecule has 0 aliphatic heterocycles. The quantitative estimate of drug-likeness (QED) is 0.882. The number of carbonyl (C=O) groups is 1. The van der Waals surface area contributed by atoms with Crippen molar-refractivity contribution in [3.8, 4) is 11.8 Å². The van der Waals surface area contributed by atoms with Crippen LogP contribution in [0, 0.1) is 17.2 Å². The fraction of sp³-hybridized carbons (Fsp3) is 0.467. The highest BCUT2D eigenvalue weighted by Gasteiger charge is 2.32. The van der Waals surface area contributed by atoms with Crippen LogP contribution in [0.4, 0.5) is 0 Å². The van der Waals surface area contributed by atoms with Crippen LogP contribution in [0.3, 0.4) is 0 Å². The average Bonchev–Trinajstić information content (AvgIpc) is 3.19. The summed E-state index contributed by atoms with van der Waals surface area (Å²) in [5.41, 5.74) is 0.527. The van der Waals surface area contributed by atoms with E-state index in [1.54, 1.807) is 18.2 Å². The van der Waals surface area contributed by atoms with E-state index >= 15 is 0 Å². The fourth-order valence-electron chi connectivity index (χ4n) is 1.89. The number of amides is 1. The molecule has 1 aliphatic rings. The van der Waals surface area contributed by atoms with Gasteiger partial charge >= 0.3 is 0 Å². The lowest BCUT2D eigenvalue weighted by Gasteiger charge is -2.13. The number of hydrogen-bond donors (Lipinski definition) is 1. The number of rotatable bonds is 5. The maximum atomic E-state index is 12.1. The summed E-state index contributed by atoms with van der Waals surface area (Å²) in [5.74, 6) is 0.777. The van der Waals surface area contributed by atoms with Crippen molar-refractivity contribution in [3.63, 3.8) is 0 Å². The van der Waals surface area contributed by atoms with Gasteiger partial charge in [-0.05, 0) is 50.8 Å². The van der Waals surface area contributed by atoms with Gasteiger partial charge in [-0.2, -0.15) is 5.26 Å². The van der Waals surface area contributed by atoms with Gasteiger partial charge < -0.3 is 10.1 Å². The molecule has 1 amide bonds. The van der Waals surface area contributed by atoms with E-state index in [-0.39, 0.29) is 18.1 Å². The second-order valence-corrected chi connectivity index (χ2v) is 5.11. The van der Waals surface area contributed by atoms with E-state index < -0.39 is 0 Å². The van der Waals surface area contributed by atoms with Gasteiger partial charge in [0.15, 0.2) is 0 Å². The Hall–Kier alpha value is -2.02. The third-order valence-electron chi connectivity index (χ3n) is 2.99. The summed E-state index contributed by atoms with van der Waals surface area (Å²) in [7, 11) is 0. The van der Waals surface area contributed by atoms with Crippen molar-refractivity contribution >= 4 is 5.91 Å². The number of hydrogen-bond acceptors (Lipinski definition) is 3. The fourth-order valence-corrected chi connectivity index (χ4v) is 1.89. The van der Waals surface area contributed by atoms with Gasteiger partial charge in [-0.25, -0.2) is 0 Å². The van der Waals surface area contributed by atoms with Crippen molar-refractivity contribution in [2.24, 2.45) is 5.92 Å². The smallest absolute Gasteiger partial charge is 0.252 e. The Balaban J connectivity index is 2.04. The Morgan fingerprint density at radius 3 is 2.79 bits per heavy atom. The maximum absolute atomic E-state index is 12.1. The molecule has 1 aromatic rings. The molecule has 19 heavy (non-hydrogen) atoms. The van der Waals surface area contributed by atoms with Crippen LogP contribution in [0.25, 0.3) is 0 Å². The second-order valence-electron chi connectivity index (χ2n) is 5.11. The summed E-state index contributed by atoms with van der Waals surface area (Å²) < 4.78 is 5.55. The molecule has 0 aromatic heterocycles. The molecule has 1 saturated carbocycles. The van der Waals surface area contributed by atoms with E-state index in [1.165, 1.54) is 0 Å². The van der Waals surface area contributed by atoms with Crippen LogP contribution in [0.5, 0.6) is 5.75 Å². The second kappa shape index (κ2) is 5.75. The first-order chi connectivity index (χ1) is 9.10. The Morgan fingerprint density at radius 1 is 1.47 bits per heavy atom. The van der Waals surface area contributed by atoms with Crippen LogP contribution < -0.4 is 10.1 Å². The molecule has 0 heterocycles. The van der Waals surface area contributed by atoms with E-state index in [2.05, 4.69) is 11.4 Å². The third-order valence-corrected chi connectivity index (χ3v) is 2.99. The third kappa shape index (κ3) is 3.72. The standard InChI is InChI=1S/C15H18N2O2/c1-10(2)19-13-5-3-4-12(8-13)15(18)17-14(9-16)11-6-7-11/h3-5,8,10-11,14H,6-7H2,1-2H3,(H,17,18). The number of nitriles is 1. The van der Waals surface area contributed by atoms with E-state index in [0.717, 1.165) is 12.8 Å². The zero-order chi connectivity index (χ0) is 13.8. The van der Waals surface area contributed by atoms with Crippen LogP contribution in [0.1, 0.15) is 37.0 Å². The monoisotopic (exact) mass is 258 g/mol. The molecule has 1 unspecified atom stereocenters. The lowest BCUT2D eigenvalue weighted by Crippen LogP contribution is -2.35. The van der Waals surface area contributed by atoms with Crippen molar-refractivity contribution in [2.75, 3.05) is 0 Å². The number of benzene rings is 1. The van der Waals surface area contributed by atoms with Crippen molar-refractivity contribution in [2.45, 2.75) is 38.8 Å². The molecule has 0 saturated heterocycles. The lowest BCUT2D eigenvalue weighted by atomic mass is 10.1. The molecule has 4 nitrogen and oxygen atoms in total. The van der Waals surface area contributed by atoms with Crippen LogP contribution in [0.2, 0.25) is 0 Å². The molecule has 1 aliphatic carbocycles. The minimum atomic E-state index is -0.373. The average molecular weight is 258 g/mol. The first kappa shape index (κ1) is 13.4. The first-order valence-corrected chi connectivity index (χ1v) is 6.57. The largest absolute Gasteiger partial charge is 0.491 e. The lowest BCUT2D eigenvalue weighted by molar-refractivity contribution is 0.0941. The van der Waals surface area contributed by atoms with Gasteiger partial charge in [0.1, 0.15) is 11.8 Å². The minimum Gasteiger partial charge on any atom is -0.491 e. The van der Waals surface area contributed by atoms with Gasteiger partial charge in [0.05, 0.1) is 12.2 Å². The molecule has 1 N–H and O–H groups in total. The highest BCUT2D eigenvalue weighted by atomic mass is 16.5. The van der Waals surface area contributed by atoms with Crippen molar-refractivity contribution < 1.29 is 9.53 Å². The minimum absolute atomic E-state index is 0.0663. The highest BCUT2D eigenvalue weighted by Crippen LogP contribution is 2.32. The van der Waals surface area contributed by atoms with Crippen LogP contribution in [0.15, 0.2) is 24.3 Å². The summed E-state index contributed by atoms with van der Waals surface area (Å²) in [5, 5.41) is 11.8. The summed E-state index contributed by atoms with van der Waals surface area (Å²) in [4.78, 5) is 12.1. The number of carbonyl (C=O) groups excluding carboxylic acids is 1. The van der Waals surface area contributed by atoms with Crippen LogP contribution in [-0.2, 0) is 0 Å². The number of nitrogens with one attached hydrogen (secondary N) is 1. The number of nitrogens with zero attached hydrogens (tertiary/aromatic N) is 1. The van der Waals surface area contributed by atoms with E-state index in [9.17, 15) is 4.79 Å². The summed E-state index contributed by atoms with van der Waals surface area (Å²) in [6, 6.07) is 8.81. The Bertz CT molecular complexity index is 501. The Kier molecular flexibility index (Phi) is 4.06. The summed E-state index contributed by atoms with van der Waals surface area (Å²) in [6.07, 6.45) is 2.11. The predicted molar refractivity (Wildman–Crippen MR) is 71.8 cm³/mol. The molecular formula is C15H18N2O2. The zero-order valence-corrected chi connectivity index (χ0v) is 11.2. The molecule has 4 heteroatoms. The van der Waals surface area contributed by atoms with E-state index in [0.29, 0.717) is 17.2 Å². The topological polar surface area (TPSA) is 62.1 Å². The molecule has 0 spiro atoms. The van der Waals surface area contributed by atoms with Crippen molar-refractivity contribution in [1.82, 2.24) is 5.32 Å². The van der Waals surface area contributed by atoms with Crippen LogP contribution >= 0.6 is 0 Å². The van der Waals surface area contributed by atoms with Gasteiger partial charge in [-0.1, -0.05) is 6.07 Å². The molecule has 1 aromatic carbocycles. The van der Waals surface area contributed by atoms with Crippen molar-refractivity contribution in [3.05, 3.63) is 29.8 Å². The normalized spacial score (nSPS) is 15.7. The zero-order valence-electron chi connectivity index (χ0n) is 11.2. The molecule has 2 rings (SSSR count).